The van der Waals surface area contributed by atoms with E-state index in [-0.39, 0.29) is 24.0 Å². The molecule has 0 amide bonds. The molecule has 26 heavy (non-hydrogen) atoms. The highest BCUT2D eigenvalue weighted by Crippen LogP contribution is 2.44. The molecule has 2 aliphatic rings. The summed E-state index contributed by atoms with van der Waals surface area (Å²) in [6.45, 7) is 6.50. The molecular formula is C19H31IN4O2. The maximum absolute atomic E-state index is 5.38. The Morgan fingerprint density at radius 3 is 2.27 bits per heavy atom. The van der Waals surface area contributed by atoms with Crippen molar-refractivity contribution in [3.8, 4) is 11.5 Å². The molecule has 1 heterocycles. The van der Waals surface area contributed by atoms with Crippen LogP contribution in [0.1, 0.15) is 26.7 Å². The van der Waals surface area contributed by atoms with Gasteiger partial charge in [-0.3, -0.25) is 4.99 Å². The molecule has 2 N–H and O–H groups in total. The summed E-state index contributed by atoms with van der Waals surface area (Å²) in [6, 6.07) is 6.93. The zero-order chi connectivity index (χ0) is 18.0. The summed E-state index contributed by atoms with van der Waals surface area (Å²) in [5, 5.41) is 7.10. The summed E-state index contributed by atoms with van der Waals surface area (Å²) in [7, 11) is 5.20. The number of hydrogen-bond donors (Lipinski definition) is 2. The van der Waals surface area contributed by atoms with Crippen molar-refractivity contribution in [2.75, 3.05) is 39.3 Å². The van der Waals surface area contributed by atoms with Gasteiger partial charge in [-0.1, -0.05) is 13.8 Å². The number of nitrogens with zero attached hydrogens (tertiary/aromatic N) is 2. The molecule has 1 aromatic rings. The number of benzene rings is 1. The molecule has 146 valence electrons. The first-order valence-electron chi connectivity index (χ1n) is 8.93. The van der Waals surface area contributed by atoms with Crippen LogP contribution in [-0.4, -0.2) is 52.4 Å². The Labute approximate surface area is 173 Å². The minimum Gasteiger partial charge on any atom is -0.497 e. The van der Waals surface area contributed by atoms with E-state index in [0.717, 1.165) is 42.7 Å². The molecule has 1 aliphatic heterocycles. The molecule has 6 nitrogen and oxygen atoms in total. The highest BCUT2D eigenvalue weighted by molar-refractivity contribution is 14.0. The summed E-state index contributed by atoms with van der Waals surface area (Å²) in [5.41, 5.74) is 1.52. The molecule has 0 bridgehead atoms. The SMILES string of the molecule is CN=C(NC1CCN(c2cc(OC)cc(OC)c2)C1)NC1CC1(C)C.I. The van der Waals surface area contributed by atoms with E-state index >= 15 is 0 Å². The second kappa shape index (κ2) is 8.54. The molecule has 2 fully saturated rings. The van der Waals surface area contributed by atoms with Crippen molar-refractivity contribution in [3.05, 3.63) is 18.2 Å². The van der Waals surface area contributed by atoms with Gasteiger partial charge in [0.2, 0.25) is 0 Å². The Balaban J connectivity index is 0.00000243. The fourth-order valence-electron chi connectivity index (χ4n) is 3.33. The van der Waals surface area contributed by atoms with Gasteiger partial charge in [-0.2, -0.15) is 0 Å². The second-order valence-electron chi connectivity index (χ2n) is 7.61. The van der Waals surface area contributed by atoms with Gasteiger partial charge in [0.15, 0.2) is 5.96 Å². The maximum atomic E-state index is 5.38. The number of hydrogen-bond acceptors (Lipinski definition) is 4. The van der Waals surface area contributed by atoms with Crippen molar-refractivity contribution >= 4 is 35.6 Å². The number of guanidine groups is 1. The van der Waals surface area contributed by atoms with Crippen LogP contribution in [0.2, 0.25) is 0 Å². The lowest BCUT2D eigenvalue weighted by molar-refractivity contribution is 0.394. The van der Waals surface area contributed by atoms with Crippen LogP contribution in [0.5, 0.6) is 11.5 Å². The summed E-state index contributed by atoms with van der Waals surface area (Å²) in [4.78, 5) is 6.74. The van der Waals surface area contributed by atoms with E-state index in [9.17, 15) is 0 Å². The fourth-order valence-corrected chi connectivity index (χ4v) is 3.33. The predicted molar refractivity (Wildman–Crippen MR) is 117 cm³/mol. The van der Waals surface area contributed by atoms with Crippen molar-refractivity contribution in [1.29, 1.82) is 0 Å². The average molecular weight is 474 g/mol. The molecule has 1 aliphatic carbocycles. The lowest BCUT2D eigenvalue weighted by atomic mass is 10.2. The second-order valence-corrected chi connectivity index (χ2v) is 7.61. The van der Waals surface area contributed by atoms with Crippen LogP contribution in [-0.2, 0) is 0 Å². The molecule has 0 spiro atoms. The van der Waals surface area contributed by atoms with Crippen molar-refractivity contribution in [2.45, 2.75) is 38.8 Å². The van der Waals surface area contributed by atoms with E-state index < -0.39 is 0 Å². The highest BCUT2D eigenvalue weighted by atomic mass is 127. The first-order valence-corrected chi connectivity index (χ1v) is 8.93. The van der Waals surface area contributed by atoms with Crippen LogP contribution < -0.4 is 25.0 Å². The topological polar surface area (TPSA) is 58.1 Å². The number of anilines is 1. The molecule has 7 heteroatoms. The molecule has 2 atom stereocenters. The van der Waals surface area contributed by atoms with Crippen molar-refractivity contribution < 1.29 is 9.47 Å². The molecular weight excluding hydrogens is 443 g/mol. The number of halogens is 1. The van der Waals surface area contributed by atoms with E-state index in [2.05, 4.69) is 46.5 Å². The molecule has 1 saturated heterocycles. The fraction of sp³-hybridized carbons (Fsp3) is 0.632. The van der Waals surface area contributed by atoms with Crippen LogP contribution in [0.25, 0.3) is 0 Å². The molecule has 1 saturated carbocycles. The maximum Gasteiger partial charge on any atom is 0.191 e. The number of aliphatic imine (C=N–C) groups is 1. The molecule has 2 unspecified atom stereocenters. The van der Waals surface area contributed by atoms with Crippen LogP contribution in [0.3, 0.4) is 0 Å². The van der Waals surface area contributed by atoms with Gasteiger partial charge in [0.25, 0.3) is 0 Å². The van der Waals surface area contributed by atoms with Crippen LogP contribution >= 0.6 is 24.0 Å². The van der Waals surface area contributed by atoms with E-state index in [1.165, 1.54) is 6.42 Å². The van der Waals surface area contributed by atoms with Gasteiger partial charge >= 0.3 is 0 Å². The normalized spacial score (nSPS) is 23.9. The number of ether oxygens (including phenoxy) is 2. The van der Waals surface area contributed by atoms with E-state index in [0.29, 0.717) is 17.5 Å². The average Bonchev–Trinajstić information content (AvgIpc) is 2.99. The Morgan fingerprint density at radius 1 is 1.15 bits per heavy atom. The predicted octanol–water partition coefficient (Wildman–Crippen LogP) is 2.86. The van der Waals surface area contributed by atoms with Gasteiger partial charge in [0.1, 0.15) is 11.5 Å². The lowest BCUT2D eigenvalue weighted by Crippen LogP contribution is -2.46. The van der Waals surface area contributed by atoms with Gasteiger partial charge in [0, 0.05) is 56.1 Å². The summed E-state index contributed by atoms with van der Waals surface area (Å²) >= 11 is 0. The summed E-state index contributed by atoms with van der Waals surface area (Å²) < 4.78 is 10.8. The quantitative estimate of drug-likeness (QED) is 0.391. The van der Waals surface area contributed by atoms with E-state index in [1.807, 2.05) is 13.1 Å². The first-order chi connectivity index (χ1) is 11.9. The summed E-state index contributed by atoms with van der Waals surface area (Å²) in [5.74, 6) is 2.55. The number of nitrogens with one attached hydrogen (secondary N) is 2. The van der Waals surface area contributed by atoms with Crippen LogP contribution in [0.4, 0.5) is 5.69 Å². The Hall–Kier alpha value is -1.38. The standard InChI is InChI=1S/C19H30N4O2.HI/c1-19(2)11-17(19)22-18(20-3)21-13-6-7-23(12-13)14-8-15(24-4)10-16(9-14)25-5;/h8-10,13,17H,6-7,11-12H2,1-5H3,(H2,20,21,22);1H. The Kier molecular flexibility index (Phi) is 6.87. The lowest BCUT2D eigenvalue weighted by Gasteiger charge is -2.21. The highest BCUT2D eigenvalue weighted by Gasteiger charge is 2.46. The van der Waals surface area contributed by atoms with E-state index in [4.69, 9.17) is 9.47 Å². The zero-order valence-electron chi connectivity index (χ0n) is 16.3. The molecule has 0 aromatic heterocycles. The van der Waals surface area contributed by atoms with Gasteiger partial charge in [-0.25, -0.2) is 0 Å². The third kappa shape index (κ3) is 4.86. The van der Waals surface area contributed by atoms with Crippen LogP contribution in [0.15, 0.2) is 23.2 Å². The molecule has 1 aromatic carbocycles. The largest absolute Gasteiger partial charge is 0.497 e. The van der Waals surface area contributed by atoms with Crippen molar-refractivity contribution in [2.24, 2.45) is 10.4 Å². The molecule has 0 radical (unpaired) electrons. The van der Waals surface area contributed by atoms with Gasteiger partial charge in [0.05, 0.1) is 14.2 Å². The van der Waals surface area contributed by atoms with Crippen LogP contribution in [0, 0.1) is 5.41 Å². The monoisotopic (exact) mass is 474 g/mol. The van der Waals surface area contributed by atoms with Gasteiger partial charge in [-0.15, -0.1) is 24.0 Å². The third-order valence-corrected chi connectivity index (χ3v) is 5.28. The Bertz CT molecular complexity index is 628. The third-order valence-electron chi connectivity index (χ3n) is 5.28. The zero-order valence-corrected chi connectivity index (χ0v) is 18.7. The number of rotatable bonds is 5. The van der Waals surface area contributed by atoms with Crippen molar-refractivity contribution in [1.82, 2.24) is 10.6 Å². The van der Waals surface area contributed by atoms with Gasteiger partial charge < -0.3 is 25.0 Å². The number of methoxy groups -OCH3 is 2. The molecule has 3 rings (SSSR count). The summed E-state index contributed by atoms with van der Waals surface area (Å²) in [6.07, 6.45) is 2.28. The van der Waals surface area contributed by atoms with Crippen molar-refractivity contribution in [3.63, 3.8) is 0 Å². The van der Waals surface area contributed by atoms with Gasteiger partial charge in [-0.05, 0) is 18.3 Å². The Morgan fingerprint density at radius 2 is 1.77 bits per heavy atom. The first kappa shape index (κ1) is 20.9. The minimum absolute atomic E-state index is 0. The van der Waals surface area contributed by atoms with E-state index in [1.54, 1.807) is 14.2 Å². The smallest absolute Gasteiger partial charge is 0.191 e. The minimum atomic E-state index is 0.